The van der Waals surface area contributed by atoms with Gasteiger partial charge in [-0.25, -0.2) is 4.58 Å². The van der Waals surface area contributed by atoms with Crippen LogP contribution < -0.4 is 17.0 Å². The molecule has 2 nitrogen and oxygen atoms in total. The van der Waals surface area contributed by atoms with Crippen LogP contribution in [0.3, 0.4) is 0 Å². The smallest absolute Gasteiger partial charge is 0.208 e. The maximum Gasteiger partial charge on any atom is 0.208 e. The molecule has 0 bridgehead atoms. The number of thioether (sulfide) groups is 1. The van der Waals surface area contributed by atoms with E-state index in [-0.39, 0.29) is 23.6 Å². The van der Waals surface area contributed by atoms with Gasteiger partial charge in [-0.3, -0.25) is 0 Å². The van der Waals surface area contributed by atoms with Crippen molar-refractivity contribution in [2.24, 2.45) is 0 Å². The first kappa shape index (κ1) is 14.7. The van der Waals surface area contributed by atoms with Crippen molar-refractivity contribution in [2.75, 3.05) is 18.9 Å². The fourth-order valence-corrected chi connectivity index (χ4v) is 3.29. The molecule has 2 rings (SSSR count). The van der Waals surface area contributed by atoms with Crippen LogP contribution >= 0.6 is 11.8 Å². The summed E-state index contributed by atoms with van der Waals surface area (Å²) >= 11 is 1.90. The molecular formula is C13H18BrNOS. The van der Waals surface area contributed by atoms with Gasteiger partial charge in [-0.1, -0.05) is 42.1 Å². The van der Waals surface area contributed by atoms with Crippen molar-refractivity contribution < 1.29 is 26.7 Å². The van der Waals surface area contributed by atoms with Crippen LogP contribution in [-0.4, -0.2) is 39.7 Å². The van der Waals surface area contributed by atoms with Crippen molar-refractivity contribution in [3.8, 4) is 0 Å². The Morgan fingerprint density at radius 3 is 2.71 bits per heavy atom. The van der Waals surface area contributed by atoms with Gasteiger partial charge in [0, 0.05) is 13.3 Å². The van der Waals surface area contributed by atoms with Crippen molar-refractivity contribution in [2.45, 2.75) is 19.4 Å². The fraction of sp³-hybridized carbons (Fsp3) is 0.462. The molecule has 0 aliphatic carbocycles. The third-order valence-electron chi connectivity index (χ3n) is 2.98. The van der Waals surface area contributed by atoms with Gasteiger partial charge in [-0.05, 0) is 5.56 Å². The van der Waals surface area contributed by atoms with Crippen molar-refractivity contribution >= 4 is 16.8 Å². The third-order valence-corrected chi connectivity index (χ3v) is 4.19. The molecule has 1 atom stereocenters. The van der Waals surface area contributed by atoms with Crippen LogP contribution in [0.2, 0.25) is 0 Å². The maximum atomic E-state index is 9.06. The lowest BCUT2D eigenvalue weighted by atomic mass is 10.1. The predicted molar refractivity (Wildman–Crippen MR) is 69.3 cm³/mol. The van der Waals surface area contributed by atoms with Crippen LogP contribution in [0.5, 0.6) is 0 Å². The Labute approximate surface area is 118 Å². The van der Waals surface area contributed by atoms with Gasteiger partial charge in [0.1, 0.15) is 6.61 Å². The lowest BCUT2D eigenvalue weighted by Crippen LogP contribution is -3.00. The SMILES string of the molecule is CC1=[N+](CCO)[C@@H](Cc2ccccc2)CS1.[Br-]. The minimum Gasteiger partial charge on any atom is -1.00 e. The molecule has 0 spiro atoms. The highest BCUT2D eigenvalue weighted by Crippen LogP contribution is 2.20. The Morgan fingerprint density at radius 2 is 2.06 bits per heavy atom. The van der Waals surface area contributed by atoms with Crippen molar-refractivity contribution in [3.63, 3.8) is 0 Å². The van der Waals surface area contributed by atoms with Crippen LogP contribution in [-0.2, 0) is 6.42 Å². The number of hydrogen-bond acceptors (Lipinski definition) is 2. The van der Waals surface area contributed by atoms with Crippen LogP contribution in [0.25, 0.3) is 0 Å². The summed E-state index contributed by atoms with van der Waals surface area (Å²) in [4.78, 5) is 0. The largest absolute Gasteiger partial charge is 1.00 e. The molecule has 4 heteroatoms. The highest BCUT2D eigenvalue weighted by atomic mass is 79.9. The van der Waals surface area contributed by atoms with E-state index >= 15 is 0 Å². The predicted octanol–water partition coefficient (Wildman–Crippen LogP) is -1.23. The third kappa shape index (κ3) is 3.83. The van der Waals surface area contributed by atoms with Gasteiger partial charge < -0.3 is 22.1 Å². The summed E-state index contributed by atoms with van der Waals surface area (Å²) in [6.45, 7) is 3.14. The summed E-state index contributed by atoms with van der Waals surface area (Å²) in [7, 11) is 0. The molecule has 94 valence electrons. The summed E-state index contributed by atoms with van der Waals surface area (Å²) in [5, 5.41) is 10.4. The van der Waals surface area contributed by atoms with Crippen LogP contribution in [0.15, 0.2) is 30.3 Å². The fourth-order valence-electron chi connectivity index (χ4n) is 2.15. The van der Waals surface area contributed by atoms with Gasteiger partial charge in [-0.15, -0.1) is 0 Å². The van der Waals surface area contributed by atoms with Crippen molar-refractivity contribution in [1.82, 2.24) is 0 Å². The molecular weight excluding hydrogens is 298 g/mol. The van der Waals surface area contributed by atoms with Crippen LogP contribution in [0.1, 0.15) is 12.5 Å². The van der Waals surface area contributed by atoms with Crippen molar-refractivity contribution in [3.05, 3.63) is 35.9 Å². The summed E-state index contributed by atoms with van der Waals surface area (Å²) in [6, 6.07) is 11.1. The standard InChI is InChI=1S/C13H18NOS.BrH/c1-11-14(7-8-15)13(10-16-11)9-12-5-3-2-4-6-12;/h2-6,13,15H,7-10H2,1H3;1H/q+1;/p-1/t13-;/m0./s1. The molecule has 0 radical (unpaired) electrons. The molecule has 0 unspecified atom stereocenters. The highest BCUT2D eigenvalue weighted by molar-refractivity contribution is 8.13. The van der Waals surface area contributed by atoms with E-state index in [1.54, 1.807) is 0 Å². The zero-order chi connectivity index (χ0) is 11.4. The van der Waals surface area contributed by atoms with Gasteiger partial charge in [-0.2, -0.15) is 0 Å². The van der Waals surface area contributed by atoms with Gasteiger partial charge in [0.2, 0.25) is 5.04 Å². The van der Waals surface area contributed by atoms with E-state index < -0.39 is 0 Å². The molecule has 1 N–H and O–H groups in total. The first-order valence-electron chi connectivity index (χ1n) is 5.69. The number of benzene rings is 1. The summed E-state index contributed by atoms with van der Waals surface area (Å²) in [5.41, 5.74) is 1.38. The Balaban J connectivity index is 0.00000144. The number of aliphatic hydroxyl groups excluding tert-OH is 1. The monoisotopic (exact) mass is 315 g/mol. The second kappa shape index (κ2) is 7.19. The number of nitrogens with zero attached hydrogens (tertiary/aromatic N) is 1. The summed E-state index contributed by atoms with van der Waals surface area (Å²) in [5.74, 6) is 1.14. The maximum absolute atomic E-state index is 9.06. The average molecular weight is 316 g/mol. The highest BCUT2D eigenvalue weighted by Gasteiger charge is 2.30. The van der Waals surface area contributed by atoms with Gasteiger partial charge in [0.05, 0.1) is 5.75 Å². The van der Waals surface area contributed by atoms with Crippen LogP contribution in [0.4, 0.5) is 0 Å². The molecule has 1 aliphatic rings. The lowest BCUT2D eigenvalue weighted by Gasteiger charge is -2.09. The average Bonchev–Trinajstić information content (AvgIpc) is 2.64. The zero-order valence-electron chi connectivity index (χ0n) is 9.97. The van der Waals surface area contributed by atoms with Gasteiger partial charge >= 0.3 is 0 Å². The second-order valence-electron chi connectivity index (χ2n) is 4.09. The molecule has 1 aliphatic heterocycles. The molecule has 0 amide bonds. The van der Waals surface area contributed by atoms with E-state index in [1.807, 2.05) is 11.8 Å². The van der Waals surface area contributed by atoms with E-state index in [2.05, 4.69) is 41.8 Å². The summed E-state index contributed by atoms with van der Waals surface area (Å²) in [6.07, 6.45) is 1.07. The molecule has 1 aromatic rings. The summed E-state index contributed by atoms with van der Waals surface area (Å²) < 4.78 is 2.33. The van der Waals surface area contributed by atoms with E-state index in [0.29, 0.717) is 6.04 Å². The quantitative estimate of drug-likeness (QED) is 0.704. The van der Waals surface area contributed by atoms with Crippen molar-refractivity contribution in [1.29, 1.82) is 0 Å². The molecule has 0 saturated carbocycles. The van der Waals surface area contributed by atoms with Gasteiger partial charge in [0.25, 0.3) is 0 Å². The van der Waals surface area contributed by atoms with Gasteiger partial charge in [0.15, 0.2) is 12.6 Å². The van der Waals surface area contributed by atoms with E-state index in [1.165, 1.54) is 10.6 Å². The molecule has 0 saturated heterocycles. The molecule has 0 aromatic heterocycles. The van der Waals surface area contributed by atoms with E-state index in [0.717, 1.165) is 18.7 Å². The second-order valence-corrected chi connectivity index (χ2v) is 5.30. The number of hydrogen-bond donors (Lipinski definition) is 1. The Bertz CT molecular complexity index is 380. The first-order chi connectivity index (χ1) is 7.81. The topological polar surface area (TPSA) is 23.2 Å². The first-order valence-corrected chi connectivity index (χ1v) is 6.67. The van der Waals surface area contributed by atoms with Crippen LogP contribution in [0, 0.1) is 0 Å². The normalized spacial score (nSPS) is 19.3. The molecule has 1 heterocycles. The molecule has 1 aromatic carbocycles. The lowest BCUT2D eigenvalue weighted by molar-refractivity contribution is -0.557. The molecule has 0 fully saturated rings. The molecule has 17 heavy (non-hydrogen) atoms. The van der Waals surface area contributed by atoms with E-state index in [4.69, 9.17) is 5.11 Å². The van der Waals surface area contributed by atoms with E-state index in [9.17, 15) is 0 Å². The number of halogens is 1. The minimum absolute atomic E-state index is 0. The Morgan fingerprint density at radius 1 is 1.35 bits per heavy atom. The number of rotatable bonds is 4. The Kier molecular flexibility index (Phi) is 6.23. The minimum atomic E-state index is 0. The number of aliphatic hydroxyl groups is 1. The number of β-amino-alcohol motifs (C(OH)–C–C–N with tert-alkyl or cyclic N) is 1. The Hall–Kier alpha value is -0.320. The zero-order valence-corrected chi connectivity index (χ0v) is 12.4.